The van der Waals surface area contributed by atoms with Gasteiger partial charge in [0.05, 0.1) is 5.69 Å². The van der Waals surface area contributed by atoms with Crippen molar-refractivity contribution < 1.29 is 4.39 Å². The highest BCUT2D eigenvalue weighted by Crippen LogP contribution is 2.19. The minimum absolute atomic E-state index is 0.295. The third kappa shape index (κ3) is 3.41. The van der Waals surface area contributed by atoms with Crippen molar-refractivity contribution in [1.29, 1.82) is 0 Å². The number of hydrogen-bond acceptors (Lipinski definition) is 4. The molecule has 0 radical (unpaired) electrons. The molecule has 0 unspecified atom stereocenters. The lowest BCUT2D eigenvalue weighted by atomic mass is 10.0. The fraction of sp³-hybridized carbons (Fsp3) is 0.714. The van der Waals surface area contributed by atoms with Gasteiger partial charge in [-0.3, -0.25) is 0 Å². The SMILES string of the molecule is CCc1ncnc(NC2CCN(C(C)C)CC2)c1F. The first-order valence-electron chi connectivity index (χ1n) is 7.11. The lowest BCUT2D eigenvalue weighted by Gasteiger charge is -2.35. The first-order valence-corrected chi connectivity index (χ1v) is 7.11. The highest BCUT2D eigenvalue weighted by Gasteiger charge is 2.22. The van der Waals surface area contributed by atoms with Crippen LogP contribution < -0.4 is 5.32 Å². The maximum Gasteiger partial charge on any atom is 0.186 e. The Hall–Kier alpha value is -1.23. The first kappa shape index (κ1) is 14.2. The van der Waals surface area contributed by atoms with E-state index in [4.69, 9.17) is 0 Å². The number of aryl methyl sites for hydroxylation is 1. The van der Waals surface area contributed by atoms with E-state index in [0.717, 1.165) is 25.9 Å². The van der Waals surface area contributed by atoms with Crippen LogP contribution in [0.2, 0.25) is 0 Å². The second-order valence-electron chi connectivity index (χ2n) is 5.38. The number of rotatable bonds is 4. The second kappa shape index (κ2) is 6.28. The molecule has 2 rings (SSSR count). The van der Waals surface area contributed by atoms with E-state index >= 15 is 0 Å². The average molecular weight is 266 g/mol. The monoisotopic (exact) mass is 266 g/mol. The van der Waals surface area contributed by atoms with E-state index in [-0.39, 0.29) is 5.82 Å². The molecule has 1 fully saturated rings. The van der Waals surface area contributed by atoms with E-state index in [1.807, 2.05) is 6.92 Å². The van der Waals surface area contributed by atoms with Gasteiger partial charge in [-0.2, -0.15) is 0 Å². The highest BCUT2D eigenvalue weighted by atomic mass is 19.1. The van der Waals surface area contributed by atoms with Gasteiger partial charge in [0.15, 0.2) is 11.6 Å². The summed E-state index contributed by atoms with van der Waals surface area (Å²) in [5.74, 6) is 0.0612. The molecule has 4 nitrogen and oxygen atoms in total. The number of halogens is 1. The Morgan fingerprint density at radius 1 is 1.37 bits per heavy atom. The van der Waals surface area contributed by atoms with Gasteiger partial charge in [-0.05, 0) is 33.1 Å². The first-order chi connectivity index (χ1) is 9.11. The number of piperidine rings is 1. The molecule has 0 amide bonds. The zero-order valence-electron chi connectivity index (χ0n) is 12.0. The maximum absolute atomic E-state index is 14.0. The summed E-state index contributed by atoms with van der Waals surface area (Å²) in [5.41, 5.74) is 0.483. The minimum Gasteiger partial charge on any atom is -0.365 e. The van der Waals surface area contributed by atoms with Crippen LogP contribution in [-0.4, -0.2) is 40.0 Å². The Morgan fingerprint density at radius 2 is 2.05 bits per heavy atom. The normalized spacial score (nSPS) is 17.9. The van der Waals surface area contributed by atoms with E-state index < -0.39 is 0 Å². The van der Waals surface area contributed by atoms with E-state index in [1.54, 1.807) is 0 Å². The van der Waals surface area contributed by atoms with Gasteiger partial charge in [0.25, 0.3) is 0 Å². The number of aromatic nitrogens is 2. The van der Waals surface area contributed by atoms with Gasteiger partial charge in [0.2, 0.25) is 0 Å². The molecule has 0 bridgehead atoms. The van der Waals surface area contributed by atoms with Crippen molar-refractivity contribution in [2.45, 2.75) is 52.1 Å². The predicted octanol–water partition coefficient (Wildman–Crippen LogP) is 2.46. The largest absolute Gasteiger partial charge is 0.365 e. The third-order valence-electron chi connectivity index (χ3n) is 3.80. The predicted molar refractivity (Wildman–Crippen MR) is 74.7 cm³/mol. The molecule has 1 aromatic heterocycles. The van der Waals surface area contributed by atoms with E-state index in [0.29, 0.717) is 30.0 Å². The van der Waals surface area contributed by atoms with Crippen LogP contribution in [0.4, 0.5) is 10.2 Å². The molecule has 1 aromatic rings. The number of nitrogens with zero attached hydrogens (tertiary/aromatic N) is 3. The standard InChI is InChI=1S/C14H23FN4/c1-4-12-13(15)14(17-9-16-12)18-11-5-7-19(8-6-11)10(2)3/h9-11H,4-8H2,1-3H3,(H,16,17,18). The Morgan fingerprint density at radius 3 is 2.63 bits per heavy atom. The zero-order chi connectivity index (χ0) is 13.8. The summed E-state index contributed by atoms with van der Waals surface area (Å²) in [6, 6.07) is 0.896. The summed E-state index contributed by atoms with van der Waals surface area (Å²) >= 11 is 0. The summed E-state index contributed by atoms with van der Waals surface area (Å²) in [5, 5.41) is 3.23. The van der Waals surface area contributed by atoms with Crippen LogP contribution >= 0.6 is 0 Å². The van der Waals surface area contributed by atoms with Crippen molar-refractivity contribution in [1.82, 2.24) is 14.9 Å². The van der Waals surface area contributed by atoms with E-state index in [9.17, 15) is 4.39 Å². The van der Waals surface area contributed by atoms with Crippen LogP contribution in [0.25, 0.3) is 0 Å². The van der Waals surface area contributed by atoms with Gasteiger partial charge in [-0.25, -0.2) is 14.4 Å². The van der Waals surface area contributed by atoms with Gasteiger partial charge in [0, 0.05) is 25.2 Å². The summed E-state index contributed by atoms with van der Waals surface area (Å²) in [7, 11) is 0. The molecule has 0 saturated carbocycles. The molecule has 0 aliphatic carbocycles. The molecule has 5 heteroatoms. The van der Waals surface area contributed by atoms with E-state index in [2.05, 4.69) is 34.0 Å². The van der Waals surface area contributed by atoms with Crippen molar-refractivity contribution in [3.63, 3.8) is 0 Å². The fourth-order valence-corrected chi connectivity index (χ4v) is 2.51. The van der Waals surface area contributed by atoms with Gasteiger partial charge < -0.3 is 10.2 Å². The number of anilines is 1. The lowest BCUT2D eigenvalue weighted by Crippen LogP contribution is -2.42. The molecule has 1 N–H and O–H groups in total. The van der Waals surface area contributed by atoms with Crippen molar-refractivity contribution in [2.75, 3.05) is 18.4 Å². The summed E-state index contributed by atoms with van der Waals surface area (Å²) in [4.78, 5) is 10.4. The topological polar surface area (TPSA) is 41.1 Å². The minimum atomic E-state index is -0.295. The summed E-state index contributed by atoms with van der Waals surface area (Å²) in [6.07, 6.45) is 4.09. The Kier molecular flexibility index (Phi) is 4.69. The van der Waals surface area contributed by atoms with Crippen LogP contribution in [0.3, 0.4) is 0 Å². The number of likely N-dealkylation sites (tertiary alicyclic amines) is 1. The molecular weight excluding hydrogens is 243 g/mol. The Balaban J connectivity index is 1.96. The average Bonchev–Trinajstić information content (AvgIpc) is 2.42. The fourth-order valence-electron chi connectivity index (χ4n) is 2.51. The molecule has 19 heavy (non-hydrogen) atoms. The summed E-state index contributed by atoms with van der Waals surface area (Å²) < 4.78 is 14.0. The number of nitrogens with one attached hydrogen (secondary N) is 1. The van der Waals surface area contributed by atoms with Gasteiger partial charge in [-0.15, -0.1) is 0 Å². The van der Waals surface area contributed by atoms with Crippen molar-refractivity contribution in [2.24, 2.45) is 0 Å². The van der Waals surface area contributed by atoms with Gasteiger partial charge >= 0.3 is 0 Å². The second-order valence-corrected chi connectivity index (χ2v) is 5.38. The molecule has 0 aromatic carbocycles. The third-order valence-corrected chi connectivity index (χ3v) is 3.80. The molecule has 1 aliphatic heterocycles. The molecule has 106 valence electrons. The van der Waals surface area contributed by atoms with Crippen molar-refractivity contribution in [3.8, 4) is 0 Å². The molecule has 0 spiro atoms. The Labute approximate surface area is 114 Å². The van der Waals surface area contributed by atoms with Crippen LogP contribution in [-0.2, 0) is 6.42 Å². The summed E-state index contributed by atoms with van der Waals surface area (Å²) in [6.45, 7) is 8.44. The number of hydrogen-bond donors (Lipinski definition) is 1. The molecule has 1 aliphatic rings. The maximum atomic E-state index is 14.0. The molecule has 2 heterocycles. The molecular formula is C14H23FN4. The Bertz CT molecular complexity index is 414. The highest BCUT2D eigenvalue weighted by molar-refractivity contribution is 5.38. The van der Waals surface area contributed by atoms with Crippen LogP contribution in [0.15, 0.2) is 6.33 Å². The smallest absolute Gasteiger partial charge is 0.186 e. The van der Waals surface area contributed by atoms with Crippen LogP contribution in [0.5, 0.6) is 0 Å². The van der Waals surface area contributed by atoms with Gasteiger partial charge in [-0.1, -0.05) is 6.92 Å². The quantitative estimate of drug-likeness (QED) is 0.909. The molecule has 1 saturated heterocycles. The van der Waals surface area contributed by atoms with Crippen LogP contribution in [0, 0.1) is 5.82 Å². The zero-order valence-corrected chi connectivity index (χ0v) is 12.0. The molecule has 0 atom stereocenters. The van der Waals surface area contributed by atoms with Crippen molar-refractivity contribution in [3.05, 3.63) is 17.8 Å². The lowest BCUT2D eigenvalue weighted by molar-refractivity contribution is 0.177. The van der Waals surface area contributed by atoms with E-state index in [1.165, 1.54) is 6.33 Å². The van der Waals surface area contributed by atoms with Crippen LogP contribution in [0.1, 0.15) is 39.3 Å². The van der Waals surface area contributed by atoms with Crippen molar-refractivity contribution >= 4 is 5.82 Å². The van der Waals surface area contributed by atoms with Gasteiger partial charge in [0.1, 0.15) is 6.33 Å².